The zero-order valence-corrected chi connectivity index (χ0v) is 7.36. The standard InChI is InChI=1S/C8H7Cl2N/c1-6(5-9)7-3-2-4-11-8(7)10/h2-4H,1,5H2. The lowest BCUT2D eigenvalue weighted by atomic mass is 10.1. The maximum absolute atomic E-state index is 5.77. The fraction of sp³-hybridized carbons (Fsp3) is 0.125. The van der Waals surface area contributed by atoms with Crippen LogP contribution in [0, 0.1) is 0 Å². The summed E-state index contributed by atoms with van der Waals surface area (Å²) in [4.78, 5) is 3.89. The molecule has 1 heterocycles. The Hall–Kier alpha value is -0.530. The van der Waals surface area contributed by atoms with E-state index in [2.05, 4.69) is 11.6 Å². The quantitative estimate of drug-likeness (QED) is 0.513. The first-order valence-electron chi connectivity index (χ1n) is 3.10. The van der Waals surface area contributed by atoms with Gasteiger partial charge in [-0.05, 0) is 11.6 Å². The largest absolute Gasteiger partial charge is 0.244 e. The van der Waals surface area contributed by atoms with Crippen molar-refractivity contribution < 1.29 is 0 Å². The summed E-state index contributed by atoms with van der Waals surface area (Å²) in [6.45, 7) is 3.75. The van der Waals surface area contributed by atoms with Gasteiger partial charge < -0.3 is 0 Å². The van der Waals surface area contributed by atoms with E-state index in [0.717, 1.165) is 11.1 Å². The van der Waals surface area contributed by atoms with E-state index in [1.54, 1.807) is 12.3 Å². The molecule has 0 aromatic carbocycles. The van der Waals surface area contributed by atoms with Gasteiger partial charge in [-0.2, -0.15) is 0 Å². The fourth-order valence-electron chi connectivity index (χ4n) is 0.722. The topological polar surface area (TPSA) is 12.9 Å². The molecule has 0 aliphatic rings. The summed E-state index contributed by atoms with van der Waals surface area (Å²) in [5.41, 5.74) is 1.62. The molecule has 1 rings (SSSR count). The molecule has 0 amide bonds. The summed E-state index contributed by atoms with van der Waals surface area (Å²) in [7, 11) is 0. The number of allylic oxidation sites excluding steroid dienone is 1. The van der Waals surface area contributed by atoms with Gasteiger partial charge >= 0.3 is 0 Å². The lowest BCUT2D eigenvalue weighted by Gasteiger charge is -2.01. The summed E-state index contributed by atoms with van der Waals surface area (Å²) in [6.07, 6.45) is 1.63. The number of nitrogens with zero attached hydrogens (tertiary/aromatic N) is 1. The fourth-order valence-corrected chi connectivity index (χ4v) is 1.12. The average molecular weight is 188 g/mol. The first-order valence-corrected chi connectivity index (χ1v) is 4.01. The normalized spacial score (nSPS) is 9.64. The number of hydrogen-bond acceptors (Lipinski definition) is 1. The summed E-state index contributed by atoms with van der Waals surface area (Å²) < 4.78 is 0. The lowest BCUT2D eigenvalue weighted by Crippen LogP contribution is -1.86. The molecule has 0 saturated carbocycles. The smallest absolute Gasteiger partial charge is 0.136 e. The average Bonchev–Trinajstić information content (AvgIpc) is 2.04. The zero-order chi connectivity index (χ0) is 8.27. The van der Waals surface area contributed by atoms with Gasteiger partial charge in [-0.1, -0.05) is 24.2 Å². The molecular weight excluding hydrogens is 181 g/mol. The molecule has 0 atom stereocenters. The number of aromatic nitrogens is 1. The van der Waals surface area contributed by atoms with Gasteiger partial charge in [-0.3, -0.25) is 0 Å². The first-order chi connectivity index (χ1) is 5.25. The van der Waals surface area contributed by atoms with Crippen LogP contribution in [0.1, 0.15) is 5.56 Å². The minimum absolute atomic E-state index is 0.380. The van der Waals surface area contributed by atoms with Gasteiger partial charge in [-0.15, -0.1) is 11.6 Å². The van der Waals surface area contributed by atoms with Gasteiger partial charge in [0.2, 0.25) is 0 Å². The van der Waals surface area contributed by atoms with E-state index in [9.17, 15) is 0 Å². The van der Waals surface area contributed by atoms with E-state index in [1.807, 2.05) is 6.07 Å². The van der Waals surface area contributed by atoms with E-state index in [0.29, 0.717) is 11.0 Å². The Bertz CT molecular complexity index is 271. The van der Waals surface area contributed by atoms with Crippen molar-refractivity contribution in [1.29, 1.82) is 0 Å². The Morgan fingerprint density at radius 2 is 2.36 bits per heavy atom. The van der Waals surface area contributed by atoms with Gasteiger partial charge in [0.1, 0.15) is 5.15 Å². The molecule has 0 unspecified atom stereocenters. The van der Waals surface area contributed by atoms with Crippen LogP contribution < -0.4 is 0 Å². The van der Waals surface area contributed by atoms with Crippen molar-refractivity contribution >= 4 is 28.8 Å². The molecule has 1 aromatic rings. The predicted octanol–water partition coefficient (Wildman–Crippen LogP) is 2.99. The summed E-state index contributed by atoms with van der Waals surface area (Å²) >= 11 is 11.3. The van der Waals surface area contributed by atoms with Crippen molar-refractivity contribution in [1.82, 2.24) is 4.98 Å². The van der Waals surface area contributed by atoms with Crippen LogP contribution in [0.4, 0.5) is 0 Å². The highest BCUT2D eigenvalue weighted by molar-refractivity contribution is 6.32. The lowest BCUT2D eigenvalue weighted by molar-refractivity contribution is 1.31. The van der Waals surface area contributed by atoms with Crippen molar-refractivity contribution in [2.75, 3.05) is 5.88 Å². The van der Waals surface area contributed by atoms with Crippen molar-refractivity contribution in [3.05, 3.63) is 35.6 Å². The molecule has 0 fully saturated rings. The highest BCUT2D eigenvalue weighted by atomic mass is 35.5. The number of halogens is 2. The minimum Gasteiger partial charge on any atom is -0.244 e. The summed E-state index contributed by atoms with van der Waals surface area (Å²) in [5.74, 6) is 0.380. The van der Waals surface area contributed by atoms with Gasteiger partial charge in [-0.25, -0.2) is 4.98 Å². The molecule has 0 aliphatic carbocycles. The molecule has 11 heavy (non-hydrogen) atoms. The molecule has 0 aliphatic heterocycles. The molecule has 0 saturated heterocycles. The molecule has 1 aromatic heterocycles. The van der Waals surface area contributed by atoms with Gasteiger partial charge in [0.25, 0.3) is 0 Å². The van der Waals surface area contributed by atoms with E-state index in [1.165, 1.54) is 0 Å². The Labute approximate surface area is 75.7 Å². The third-order valence-corrected chi connectivity index (χ3v) is 1.93. The third kappa shape index (κ3) is 1.95. The number of hydrogen-bond donors (Lipinski definition) is 0. The summed E-state index contributed by atoms with van der Waals surface area (Å²) in [6, 6.07) is 3.65. The third-order valence-electron chi connectivity index (χ3n) is 1.30. The number of alkyl halides is 1. The number of rotatable bonds is 2. The van der Waals surface area contributed by atoms with Gasteiger partial charge in [0.15, 0.2) is 0 Å². The van der Waals surface area contributed by atoms with Crippen LogP contribution >= 0.6 is 23.2 Å². The minimum atomic E-state index is 0.380. The van der Waals surface area contributed by atoms with Crippen LogP contribution in [-0.2, 0) is 0 Å². The van der Waals surface area contributed by atoms with E-state index >= 15 is 0 Å². The predicted molar refractivity (Wildman–Crippen MR) is 49.0 cm³/mol. The maximum atomic E-state index is 5.77. The van der Waals surface area contributed by atoms with Gasteiger partial charge in [0.05, 0.1) is 0 Å². The zero-order valence-electron chi connectivity index (χ0n) is 5.85. The van der Waals surface area contributed by atoms with Crippen molar-refractivity contribution in [2.24, 2.45) is 0 Å². The van der Waals surface area contributed by atoms with Crippen LogP contribution in [0.25, 0.3) is 5.57 Å². The van der Waals surface area contributed by atoms with Crippen LogP contribution in [-0.4, -0.2) is 10.9 Å². The molecule has 3 heteroatoms. The Kier molecular flexibility index (Phi) is 2.92. The van der Waals surface area contributed by atoms with Crippen molar-refractivity contribution in [3.63, 3.8) is 0 Å². The van der Waals surface area contributed by atoms with Crippen LogP contribution in [0.3, 0.4) is 0 Å². The van der Waals surface area contributed by atoms with E-state index < -0.39 is 0 Å². The van der Waals surface area contributed by atoms with Gasteiger partial charge in [0, 0.05) is 17.6 Å². The molecule has 0 spiro atoms. The monoisotopic (exact) mass is 187 g/mol. The molecular formula is C8H7Cl2N. The second-order valence-corrected chi connectivity index (χ2v) is 2.70. The molecule has 0 N–H and O–H groups in total. The van der Waals surface area contributed by atoms with E-state index in [-0.39, 0.29) is 0 Å². The Balaban J connectivity index is 3.03. The molecule has 1 nitrogen and oxygen atoms in total. The van der Waals surface area contributed by atoms with Crippen LogP contribution in [0.15, 0.2) is 24.9 Å². The number of pyridine rings is 1. The summed E-state index contributed by atoms with van der Waals surface area (Å²) in [5, 5.41) is 0.457. The SMILES string of the molecule is C=C(CCl)c1cccnc1Cl. The highest BCUT2D eigenvalue weighted by Gasteiger charge is 2.01. The second-order valence-electron chi connectivity index (χ2n) is 2.08. The Morgan fingerprint density at radius 1 is 1.64 bits per heavy atom. The Morgan fingerprint density at radius 3 is 2.91 bits per heavy atom. The molecule has 0 bridgehead atoms. The van der Waals surface area contributed by atoms with Crippen LogP contribution in [0.5, 0.6) is 0 Å². The molecule has 58 valence electrons. The highest BCUT2D eigenvalue weighted by Crippen LogP contribution is 2.20. The van der Waals surface area contributed by atoms with Crippen molar-refractivity contribution in [2.45, 2.75) is 0 Å². The first kappa shape index (κ1) is 8.57. The van der Waals surface area contributed by atoms with Crippen LogP contribution in [0.2, 0.25) is 5.15 Å². The second kappa shape index (κ2) is 3.74. The maximum Gasteiger partial charge on any atom is 0.136 e. The van der Waals surface area contributed by atoms with Crippen molar-refractivity contribution in [3.8, 4) is 0 Å². The van der Waals surface area contributed by atoms with E-state index in [4.69, 9.17) is 23.2 Å². The molecule has 0 radical (unpaired) electrons.